The summed E-state index contributed by atoms with van der Waals surface area (Å²) in [5.41, 5.74) is 0.945. The molecule has 2 fully saturated rings. The highest BCUT2D eigenvalue weighted by molar-refractivity contribution is 5.97. The Bertz CT molecular complexity index is 1710. The summed E-state index contributed by atoms with van der Waals surface area (Å²) >= 11 is 0. The van der Waals surface area contributed by atoms with E-state index >= 15 is 0 Å². The predicted molar refractivity (Wildman–Crippen MR) is 153 cm³/mol. The third-order valence-corrected chi connectivity index (χ3v) is 8.53. The number of Topliss-reactive ketones (excluding diaryl/α,β-unsaturated/α-hetero) is 1. The number of piperidine rings is 1. The summed E-state index contributed by atoms with van der Waals surface area (Å²) in [5, 5.41) is 4.55. The molecule has 1 spiro atoms. The number of likely N-dealkylation sites (tertiary alicyclic amines) is 1. The molecule has 0 bridgehead atoms. The van der Waals surface area contributed by atoms with Gasteiger partial charge in [-0.25, -0.2) is 9.07 Å². The van der Waals surface area contributed by atoms with Gasteiger partial charge in [0, 0.05) is 49.7 Å². The van der Waals surface area contributed by atoms with Crippen molar-refractivity contribution in [3.8, 4) is 16.9 Å². The van der Waals surface area contributed by atoms with E-state index < -0.39 is 23.1 Å². The second kappa shape index (κ2) is 10.6. The van der Waals surface area contributed by atoms with E-state index in [0.29, 0.717) is 22.5 Å². The number of rotatable bonds is 4. The number of benzene rings is 2. The first-order valence-corrected chi connectivity index (χ1v) is 14.0. The molecule has 2 aromatic carbocycles. The van der Waals surface area contributed by atoms with Crippen molar-refractivity contribution in [2.24, 2.45) is 0 Å². The van der Waals surface area contributed by atoms with Crippen LogP contribution in [0.2, 0.25) is 0 Å². The first-order chi connectivity index (χ1) is 20.5. The highest BCUT2D eigenvalue weighted by Gasteiger charge is 2.52. The molecular weight excluding hydrogens is 562 g/mol. The van der Waals surface area contributed by atoms with Gasteiger partial charge in [0.1, 0.15) is 11.4 Å². The van der Waals surface area contributed by atoms with E-state index in [-0.39, 0.29) is 62.0 Å². The van der Waals surface area contributed by atoms with Crippen molar-refractivity contribution < 1.29 is 27.2 Å². The van der Waals surface area contributed by atoms with Crippen LogP contribution < -0.4 is 4.90 Å². The van der Waals surface area contributed by atoms with E-state index in [2.05, 4.69) is 10.1 Å². The molecule has 1 amide bonds. The fourth-order valence-electron chi connectivity index (χ4n) is 6.19. The lowest BCUT2D eigenvalue weighted by Gasteiger charge is -2.45. The van der Waals surface area contributed by atoms with Gasteiger partial charge in [-0.1, -0.05) is 17.7 Å². The van der Waals surface area contributed by atoms with Gasteiger partial charge in [-0.2, -0.15) is 18.3 Å². The van der Waals surface area contributed by atoms with E-state index in [1.54, 1.807) is 72.4 Å². The Morgan fingerprint density at radius 3 is 2.33 bits per heavy atom. The number of aryl methyl sites for hydroxylation is 2. The molecular formula is C32H29F4N5O2. The van der Waals surface area contributed by atoms with Crippen LogP contribution in [0.1, 0.15) is 46.4 Å². The Hall–Kier alpha value is -4.54. The van der Waals surface area contributed by atoms with E-state index in [4.69, 9.17) is 0 Å². The van der Waals surface area contributed by atoms with Gasteiger partial charge in [-0.05, 0) is 74.7 Å². The number of ketones is 1. The van der Waals surface area contributed by atoms with Crippen molar-refractivity contribution in [1.82, 2.24) is 19.7 Å². The first-order valence-electron chi connectivity index (χ1n) is 14.0. The van der Waals surface area contributed by atoms with Crippen LogP contribution >= 0.6 is 0 Å². The smallest absolute Gasteiger partial charge is 0.358 e. The van der Waals surface area contributed by atoms with Crippen molar-refractivity contribution in [2.45, 2.75) is 44.8 Å². The van der Waals surface area contributed by atoms with Crippen LogP contribution in [0.15, 0.2) is 67.0 Å². The Labute approximate surface area is 245 Å². The monoisotopic (exact) mass is 591 g/mol. The number of aromatic nitrogens is 3. The number of nitrogens with zero attached hydrogens (tertiary/aromatic N) is 5. The van der Waals surface area contributed by atoms with Crippen molar-refractivity contribution in [3.63, 3.8) is 0 Å². The average molecular weight is 592 g/mol. The maximum atomic E-state index is 14.5. The molecule has 7 nitrogen and oxygen atoms in total. The molecule has 4 aromatic rings. The van der Waals surface area contributed by atoms with Gasteiger partial charge in [-0.15, -0.1) is 0 Å². The van der Waals surface area contributed by atoms with E-state index in [9.17, 15) is 27.2 Å². The summed E-state index contributed by atoms with van der Waals surface area (Å²) in [6.07, 6.45) is -0.816. The zero-order valence-corrected chi connectivity index (χ0v) is 23.7. The molecule has 0 atom stereocenters. The summed E-state index contributed by atoms with van der Waals surface area (Å²) in [6, 6.07) is 14.0. The Morgan fingerprint density at radius 1 is 0.930 bits per heavy atom. The lowest BCUT2D eigenvalue weighted by atomic mass is 9.83. The minimum absolute atomic E-state index is 0.00482. The molecule has 2 aromatic heterocycles. The standard InChI is InChI=1S/C32H29F4N5O2/c1-20-3-6-27(24(17-20)32(34,35)36)40-14-9-29(42)31(40)10-15-39(16-11-31)30(43)26-19-28(22-7-12-37-13-8-22)41(38-26)23-5-4-21(2)25(33)18-23/h3-8,12-13,17-19H,9-11,14-16H2,1-2H3. The summed E-state index contributed by atoms with van der Waals surface area (Å²) in [5.74, 6) is -0.894. The lowest BCUT2D eigenvalue weighted by molar-refractivity contribution is -0.137. The van der Waals surface area contributed by atoms with Crippen molar-refractivity contribution in [3.05, 3.63) is 95.2 Å². The molecule has 0 N–H and O–H groups in total. The molecule has 6 rings (SSSR count). The van der Waals surface area contributed by atoms with Crippen LogP contribution in [-0.4, -0.2) is 56.5 Å². The molecule has 43 heavy (non-hydrogen) atoms. The van der Waals surface area contributed by atoms with Gasteiger partial charge in [0.05, 0.1) is 16.9 Å². The van der Waals surface area contributed by atoms with E-state index in [0.717, 1.165) is 11.6 Å². The summed E-state index contributed by atoms with van der Waals surface area (Å²) < 4.78 is 58.0. The molecule has 0 unspecified atom stereocenters. The largest absolute Gasteiger partial charge is 0.418 e. The van der Waals surface area contributed by atoms with Crippen LogP contribution in [0.25, 0.3) is 16.9 Å². The van der Waals surface area contributed by atoms with Gasteiger partial charge in [0.25, 0.3) is 5.91 Å². The van der Waals surface area contributed by atoms with E-state index in [1.165, 1.54) is 16.8 Å². The number of halogens is 4. The number of pyridine rings is 1. The summed E-state index contributed by atoms with van der Waals surface area (Å²) in [4.78, 5) is 34.2. The zero-order chi connectivity index (χ0) is 30.5. The highest BCUT2D eigenvalue weighted by atomic mass is 19.4. The first kappa shape index (κ1) is 28.6. The second-order valence-electron chi connectivity index (χ2n) is 11.2. The molecule has 2 saturated heterocycles. The molecule has 2 aliphatic rings. The predicted octanol–water partition coefficient (Wildman–Crippen LogP) is 6.16. The topological polar surface area (TPSA) is 71.3 Å². The van der Waals surface area contributed by atoms with Crippen molar-refractivity contribution >= 4 is 17.4 Å². The third-order valence-electron chi connectivity index (χ3n) is 8.53. The van der Waals surface area contributed by atoms with Gasteiger partial charge in [-0.3, -0.25) is 14.6 Å². The fraction of sp³-hybridized carbons (Fsp3) is 0.312. The molecule has 11 heteroatoms. The fourth-order valence-corrected chi connectivity index (χ4v) is 6.19. The normalized spacial score (nSPS) is 16.7. The Balaban J connectivity index is 1.29. The SMILES string of the molecule is Cc1ccc(N2CCC(=O)C23CCN(C(=O)c2cc(-c4ccncc4)n(-c4ccc(C)c(F)c4)n2)CC3)c(C(F)(F)F)c1. The van der Waals surface area contributed by atoms with Crippen LogP contribution in [0.5, 0.6) is 0 Å². The Kier molecular flexibility index (Phi) is 7.06. The molecule has 222 valence electrons. The van der Waals surface area contributed by atoms with Gasteiger partial charge in [0.15, 0.2) is 11.5 Å². The average Bonchev–Trinajstić information content (AvgIpc) is 3.57. The maximum absolute atomic E-state index is 14.5. The van der Waals surface area contributed by atoms with Crippen LogP contribution in [0.4, 0.5) is 23.2 Å². The number of carbonyl (C=O) groups is 2. The van der Waals surface area contributed by atoms with Crippen molar-refractivity contribution in [2.75, 3.05) is 24.5 Å². The number of carbonyl (C=O) groups excluding carboxylic acids is 2. The summed E-state index contributed by atoms with van der Waals surface area (Å²) in [6.45, 7) is 3.79. The lowest BCUT2D eigenvalue weighted by Crippen LogP contribution is -2.57. The number of hydrogen-bond donors (Lipinski definition) is 0. The molecule has 2 aliphatic heterocycles. The third kappa shape index (κ3) is 5.06. The Morgan fingerprint density at radius 2 is 1.65 bits per heavy atom. The minimum atomic E-state index is -4.57. The second-order valence-corrected chi connectivity index (χ2v) is 11.2. The van der Waals surface area contributed by atoms with Crippen LogP contribution in [-0.2, 0) is 11.0 Å². The number of hydrogen-bond acceptors (Lipinski definition) is 5. The van der Waals surface area contributed by atoms with E-state index in [1.807, 2.05) is 0 Å². The molecule has 0 aliphatic carbocycles. The zero-order valence-electron chi connectivity index (χ0n) is 23.7. The molecule has 0 saturated carbocycles. The molecule has 4 heterocycles. The van der Waals surface area contributed by atoms with Crippen LogP contribution in [0.3, 0.4) is 0 Å². The minimum Gasteiger partial charge on any atom is -0.358 e. The van der Waals surface area contributed by atoms with Gasteiger partial charge >= 0.3 is 6.18 Å². The number of anilines is 1. The van der Waals surface area contributed by atoms with Crippen molar-refractivity contribution in [1.29, 1.82) is 0 Å². The highest BCUT2D eigenvalue weighted by Crippen LogP contribution is 2.45. The molecule has 0 radical (unpaired) electrons. The van der Waals surface area contributed by atoms with Gasteiger partial charge in [0.2, 0.25) is 0 Å². The van der Waals surface area contributed by atoms with Crippen LogP contribution in [0, 0.1) is 19.7 Å². The summed E-state index contributed by atoms with van der Waals surface area (Å²) in [7, 11) is 0. The number of amides is 1. The van der Waals surface area contributed by atoms with Gasteiger partial charge < -0.3 is 9.80 Å². The quantitative estimate of drug-likeness (QED) is 0.266. The number of alkyl halides is 3. The maximum Gasteiger partial charge on any atom is 0.418 e.